The average molecular weight is 354 g/mol. The van der Waals surface area contributed by atoms with E-state index in [1.54, 1.807) is 23.1 Å². The minimum Gasteiger partial charge on any atom is -0.334 e. The van der Waals surface area contributed by atoms with Crippen molar-refractivity contribution in [1.29, 1.82) is 0 Å². The van der Waals surface area contributed by atoms with E-state index in [1.807, 2.05) is 0 Å². The fourth-order valence-electron chi connectivity index (χ4n) is 3.26. The van der Waals surface area contributed by atoms with Crippen molar-refractivity contribution in [2.45, 2.75) is 25.8 Å². The first-order valence-corrected chi connectivity index (χ1v) is 7.90. The number of nitro benzene ring substituents is 1. The Balaban J connectivity index is 0.00000288. The number of benzene rings is 1. The summed E-state index contributed by atoms with van der Waals surface area (Å²) in [5.41, 5.74) is 6.56. The lowest BCUT2D eigenvalue weighted by atomic mass is 9.94. The molecule has 1 aromatic carbocycles. The van der Waals surface area contributed by atoms with E-state index < -0.39 is 4.92 Å². The number of nitro groups is 1. The number of hydrogen-bond acceptors (Lipinski definition) is 4. The molecule has 0 spiro atoms. The van der Waals surface area contributed by atoms with Crippen molar-refractivity contribution in [3.8, 4) is 0 Å². The molecule has 2 atom stereocenters. The van der Waals surface area contributed by atoms with Crippen LogP contribution in [-0.2, 0) is 11.3 Å². The topological polar surface area (TPSA) is 89.5 Å². The van der Waals surface area contributed by atoms with Crippen LogP contribution in [0.4, 0.5) is 5.69 Å². The number of carbonyl (C=O) groups is 1. The highest BCUT2D eigenvalue weighted by atomic mass is 35.5. The first-order chi connectivity index (χ1) is 11.1. The van der Waals surface area contributed by atoms with Crippen molar-refractivity contribution >= 4 is 24.0 Å². The summed E-state index contributed by atoms with van der Waals surface area (Å²) in [6.07, 6.45) is 4.56. The monoisotopic (exact) mass is 353 g/mol. The molecule has 24 heavy (non-hydrogen) atoms. The van der Waals surface area contributed by atoms with E-state index in [0.717, 1.165) is 24.8 Å². The molecule has 2 rings (SSSR count). The van der Waals surface area contributed by atoms with E-state index in [9.17, 15) is 14.9 Å². The first-order valence-electron chi connectivity index (χ1n) is 7.90. The number of rotatable bonds is 7. The molecular formula is C17H24ClN3O3. The van der Waals surface area contributed by atoms with E-state index in [4.69, 9.17) is 5.73 Å². The number of nitrogens with zero attached hydrogens (tertiary/aromatic N) is 2. The smallest absolute Gasteiger partial charge is 0.269 e. The molecule has 0 bridgehead atoms. The fourth-order valence-corrected chi connectivity index (χ4v) is 3.26. The van der Waals surface area contributed by atoms with Gasteiger partial charge in [-0.1, -0.05) is 24.6 Å². The SMILES string of the molecule is C=CCN(Cc1cccc([N+](=O)[O-])c1)C(=O)[C@@H]1CCC[C@@H]1CN.Cl. The largest absolute Gasteiger partial charge is 0.334 e. The van der Waals surface area contributed by atoms with Crippen LogP contribution < -0.4 is 5.73 Å². The quantitative estimate of drug-likeness (QED) is 0.463. The summed E-state index contributed by atoms with van der Waals surface area (Å²) in [5.74, 6) is 0.267. The third-order valence-corrected chi connectivity index (χ3v) is 4.44. The van der Waals surface area contributed by atoms with Crippen molar-refractivity contribution in [3.63, 3.8) is 0 Å². The van der Waals surface area contributed by atoms with Gasteiger partial charge in [0.05, 0.1) is 4.92 Å². The summed E-state index contributed by atoms with van der Waals surface area (Å²) in [6.45, 7) is 5.01. The molecule has 0 radical (unpaired) electrons. The molecule has 1 saturated carbocycles. The Labute approximate surface area is 148 Å². The number of carbonyl (C=O) groups excluding carboxylic acids is 1. The molecule has 1 aliphatic carbocycles. The Morgan fingerprint density at radius 1 is 1.46 bits per heavy atom. The minimum atomic E-state index is -0.426. The second-order valence-electron chi connectivity index (χ2n) is 5.97. The molecule has 1 fully saturated rings. The fraction of sp³-hybridized carbons (Fsp3) is 0.471. The van der Waals surface area contributed by atoms with Crippen LogP contribution in [0.5, 0.6) is 0 Å². The van der Waals surface area contributed by atoms with E-state index in [1.165, 1.54) is 12.1 Å². The highest BCUT2D eigenvalue weighted by Gasteiger charge is 2.34. The van der Waals surface area contributed by atoms with Crippen LogP contribution in [0.2, 0.25) is 0 Å². The standard InChI is InChI=1S/C17H23N3O3.ClH/c1-2-9-19(17(21)16-8-4-6-14(16)11-18)12-13-5-3-7-15(10-13)20(22)23;/h2-3,5,7,10,14,16H,1,4,6,8-9,11-12,18H2;1H/t14-,16-;/m1./s1. The molecule has 1 aromatic rings. The van der Waals surface area contributed by atoms with Crippen LogP contribution in [0.1, 0.15) is 24.8 Å². The summed E-state index contributed by atoms with van der Waals surface area (Å²) >= 11 is 0. The Morgan fingerprint density at radius 2 is 2.21 bits per heavy atom. The van der Waals surface area contributed by atoms with Gasteiger partial charge in [0.2, 0.25) is 5.91 Å². The number of non-ortho nitro benzene ring substituents is 1. The minimum absolute atomic E-state index is 0. The predicted molar refractivity (Wildman–Crippen MR) is 95.8 cm³/mol. The first kappa shape index (κ1) is 20.1. The molecule has 7 heteroatoms. The van der Waals surface area contributed by atoms with Crippen LogP contribution >= 0.6 is 12.4 Å². The van der Waals surface area contributed by atoms with Crippen molar-refractivity contribution in [2.75, 3.05) is 13.1 Å². The van der Waals surface area contributed by atoms with Crippen LogP contribution in [0.15, 0.2) is 36.9 Å². The summed E-state index contributed by atoms with van der Waals surface area (Å²) in [7, 11) is 0. The second-order valence-corrected chi connectivity index (χ2v) is 5.97. The van der Waals surface area contributed by atoms with Crippen molar-refractivity contribution in [2.24, 2.45) is 17.6 Å². The number of amides is 1. The third kappa shape index (κ3) is 4.79. The number of hydrogen-bond donors (Lipinski definition) is 1. The molecule has 0 saturated heterocycles. The van der Waals surface area contributed by atoms with Gasteiger partial charge in [0.1, 0.15) is 0 Å². The maximum Gasteiger partial charge on any atom is 0.269 e. The molecule has 0 unspecified atom stereocenters. The zero-order chi connectivity index (χ0) is 16.8. The number of halogens is 1. The summed E-state index contributed by atoms with van der Waals surface area (Å²) in [6, 6.07) is 6.40. The summed E-state index contributed by atoms with van der Waals surface area (Å²) < 4.78 is 0. The Hall–Kier alpha value is -1.92. The summed E-state index contributed by atoms with van der Waals surface area (Å²) in [4.78, 5) is 25.0. The maximum absolute atomic E-state index is 12.8. The highest BCUT2D eigenvalue weighted by molar-refractivity contribution is 5.85. The Kier molecular flexibility index (Phi) is 7.88. The molecule has 0 aromatic heterocycles. The summed E-state index contributed by atoms with van der Waals surface area (Å²) in [5, 5.41) is 10.9. The van der Waals surface area contributed by atoms with Gasteiger partial charge in [0, 0.05) is 31.1 Å². The highest BCUT2D eigenvalue weighted by Crippen LogP contribution is 2.32. The molecular weight excluding hydrogens is 330 g/mol. The van der Waals surface area contributed by atoms with Gasteiger partial charge in [-0.05, 0) is 30.9 Å². The third-order valence-electron chi connectivity index (χ3n) is 4.44. The van der Waals surface area contributed by atoms with Crippen molar-refractivity contribution in [1.82, 2.24) is 4.90 Å². The molecule has 0 heterocycles. The lowest BCUT2D eigenvalue weighted by Crippen LogP contribution is -2.38. The number of nitrogens with two attached hydrogens (primary N) is 1. The molecule has 6 nitrogen and oxygen atoms in total. The van der Waals surface area contributed by atoms with Gasteiger partial charge >= 0.3 is 0 Å². The van der Waals surface area contributed by atoms with Gasteiger partial charge in [0.15, 0.2) is 0 Å². The van der Waals surface area contributed by atoms with Crippen molar-refractivity contribution < 1.29 is 9.72 Å². The second kappa shape index (κ2) is 9.39. The molecule has 132 valence electrons. The lowest BCUT2D eigenvalue weighted by molar-refractivity contribution is -0.384. The van der Waals surface area contributed by atoms with Crippen LogP contribution in [0.3, 0.4) is 0 Å². The molecule has 0 aliphatic heterocycles. The van der Waals surface area contributed by atoms with Crippen molar-refractivity contribution in [3.05, 3.63) is 52.6 Å². The zero-order valence-electron chi connectivity index (χ0n) is 13.6. The van der Waals surface area contributed by atoms with Gasteiger partial charge in [0.25, 0.3) is 5.69 Å². The van der Waals surface area contributed by atoms with Gasteiger partial charge < -0.3 is 10.6 Å². The van der Waals surface area contributed by atoms with Gasteiger partial charge in [-0.15, -0.1) is 19.0 Å². The normalized spacial score (nSPS) is 19.4. The van der Waals surface area contributed by atoms with Crippen LogP contribution in [0, 0.1) is 22.0 Å². The average Bonchev–Trinajstić information content (AvgIpc) is 3.02. The van der Waals surface area contributed by atoms with E-state index in [0.29, 0.717) is 19.6 Å². The van der Waals surface area contributed by atoms with Gasteiger partial charge in [-0.3, -0.25) is 14.9 Å². The van der Waals surface area contributed by atoms with E-state index in [-0.39, 0.29) is 35.8 Å². The molecule has 1 aliphatic rings. The van der Waals surface area contributed by atoms with Crippen LogP contribution in [-0.4, -0.2) is 28.8 Å². The Bertz CT molecular complexity index is 594. The maximum atomic E-state index is 12.8. The van der Waals surface area contributed by atoms with E-state index in [2.05, 4.69) is 6.58 Å². The zero-order valence-corrected chi connectivity index (χ0v) is 14.4. The predicted octanol–water partition coefficient (Wildman–Crippen LogP) is 2.91. The van der Waals surface area contributed by atoms with E-state index >= 15 is 0 Å². The Morgan fingerprint density at radius 3 is 2.83 bits per heavy atom. The molecule has 1 amide bonds. The van der Waals surface area contributed by atoms with Gasteiger partial charge in [-0.2, -0.15) is 0 Å². The van der Waals surface area contributed by atoms with Gasteiger partial charge in [-0.25, -0.2) is 0 Å². The lowest BCUT2D eigenvalue weighted by Gasteiger charge is -2.27. The van der Waals surface area contributed by atoms with Crippen LogP contribution in [0.25, 0.3) is 0 Å². The molecule has 2 N–H and O–H groups in total.